The molecule has 0 fully saturated rings. The van der Waals surface area contributed by atoms with E-state index in [9.17, 15) is 10.4 Å². The van der Waals surface area contributed by atoms with Crippen LogP contribution in [0.25, 0.3) is 22.2 Å². The van der Waals surface area contributed by atoms with Gasteiger partial charge in [0, 0.05) is 46.8 Å². The molecule has 1 aliphatic rings. The largest absolute Gasteiger partial charge is 0.464 e. The molecule has 0 saturated heterocycles. The molecule has 0 spiro atoms. The van der Waals surface area contributed by atoms with Gasteiger partial charge in [0.15, 0.2) is 17.4 Å². The normalized spacial score (nSPS) is 17.2. The number of aliphatic hydroxyl groups is 1. The first-order valence-electron chi connectivity index (χ1n) is 11.1. The molecule has 8 nitrogen and oxygen atoms in total. The van der Waals surface area contributed by atoms with Gasteiger partial charge in [0.05, 0.1) is 30.2 Å². The number of aliphatic imine (C=N–C) groups is 1. The number of pyridine rings is 1. The minimum atomic E-state index is -0.937. The van der Waals surface area contributed by atoms with Crippen molar-refractivity contribution in [3.8, 4) is 28.7 Å². The number of hydrogen-bond donors (Lipinski definition) is 3. The average Bonchev–Trinajstić information content (AvgIpc) is 3.32. The molecule has 2 aromatic heterocycles. The van der Waals surface area contributed by atoms with Gasteiger partial charge in [0.2, 0.25) is 0 Å². The number of amidine groups is 1. The number of anilines is 1. The predicted molar refractivity (Wildman–Crippen MR) is 130 cm³/mol. The van der Waals surface area contributed by atoms with Crippen molar-refractivity contribution in [3.63, 3.8) is 0 Å². The smallest absolute Gasteiger partial charge is 0.289 e. The minimum Gasteiger partial charge on any atom is -0.464 e. The molecule has 0 amide bonds. The van der Waals surface area contributed by atoms with Crippen molar-refractivity contribution in [2.45, 2.75) is 6.92 Å². The van der Waals surface area contributed by atoms with Crippen LogP contribution in [0, 0.1) is 28.4 Å². The van der Waals surface area contributed by atoms with Crippen LogP contribution in [0.4, 0.5) is 14.5 Å². The second-order valence-electron chi connectivity index (χ2n) is 8.77. The van der Waals surface area contributed by atoms with Crippen LogP contribution in [-0.4, -0.2) is 40.9 Å². The highest BCUT2D eigenvalue weighted by Gasteiger charge is 2.29. The fourth-order valence-electron chi connectivity index (χ4n) is 3.87. The summed E-state index contributed by atoms with van der Waals surface area (Å²) in [4.78, 5) is 11.5. The van der Waals surface area contributed by atoms with Crippen molar-refractivity contribution in [1.82, 2.24) is 9.97 Å². The predicted octanol–water partition coefficient (Wildman–Crippen LogP) is 4.97. The molecule has 3 N–H and O–H groups in total. The molecule has 0 radical (unpaired) electrons. The van der Waals surface area contributed by atoms with Crippen LogP contribution in [0.15, 0.2) is 59.9 Å². The first kappa shape index (κ1) is 23.3. The number of rotatable bonds is 5. The summed E-state index contributed by atoms with van der Waals surface area (Å²) in [5.74, 6) is -2.29. The highest BCUT2D eigenvalue weighted by molar-refractivity contribution is 5.99. The third-order valence-corrected chi connectivity index (χ3v) is 5.88. The van der Waals surface area contributed by atoms with E-state index in [1.54, 1.807) is 30.5 Å². The van der Waals surface area contributed by atoms with E-state index in [-0.39, 0.29) is 30.7 Å². The molecule has 2 aromatic carbocycles. The summed E-state index contributed by atoms with van der Waals surface area (Å²) in [6.07, 6.45) is 3.13. The molecule has 4 aromatic rings. The van der Waals surface area contributed by atoms with Gasteiger partial charge in [-0.2, -0.15) is 5.26 Å². The Kier molecular flexibility index (Phi) is 6.00. The van der Waals surface area contributed by atoms with Gasteiger partial charge in [-0.3, -0.25) is 0 Å². The first-order chi connectivity index (χ1) is 17.4. The zero-order valence-corrected chi connectivity index (χ0v) is 19.2. The fourth-order valence-corrected chi connectivity index (χ4v) is 3.87. The summed E-state index contributed by atoms with van der Waals surface area (Å²) < 4.78 is 41.2. The number of nitrogens with one attached hydrogen (secondary N) is 2. The lowest BCUT2D eigenvalue weighted by Crippen LogP contribution is -2.38. The van der Waals surface area contributed by atoms with Crippen molar-refractivity contribution in [1.29, 1.82) is 5.26 Å². The highest BCUT2D eigenvalue weighted by Crippen LogP contribution is 2.39. The first-order valence-corrected chi connectivity index (χ1v) is 11.1. The quantitative estimate of drug-likeness (QED) is 0.365. The van der Waals surface area contributed by atoms with Crippen LogP contribution in [0.1, 0.15) is 12.5 Å². The molecule has 1 aliphatic heterocycles. The maximum atomic E-state index is 15.0. The van der Waals surface area contributed by atoms with E-state index in [0.717, 1.165) is 12.1 Å². The number of fused-ring (bicyclic) bond motifs is 1. The van der Waals surface area contributed by atoms with Gasteiger partial charge in [-0.05, 0) is 12.1 Å². The van der Waals surface area contributed by atoms with E-state index < -0.39 is 22.8 Å². The fraction of sp³-hybridized carbons (Fsp3) is 0.192. The molecule has 3 heterocycles. The number of aromatic amines is 1. The van der Waals surface area contributed by atoms with Gasteiger partial charge in [0.1, 0.15) is 18.0 Å². The van der Waals surface area contributed by atoms with E-state index in [1.807, 2.05) is 6.92 Å². The molecule has 1 atom stereocenters. The monoisotopic (exact) mass is 489 g/mol. The lowest BCUT2D eigenvalue weighted by molar-refractivity contribution is 0.0706. The number of benzene rings is 2. The molecule has 0 aliphatic carbocycles. The summed E-state index contributed by atoms with van der Waals surface area (Å²) in [5, 5.41) is 22.1. The van der Waals surface area contributed by atoms with Crippen LogP contribution >= 0.6 is 0 Å². The lowest BCUT2D eigenvalue weighted by Gasteiger charge is -2.30. The number of nitriles is 1. The Morgan fingerprint density at radius 3 is 2.69 bits per heavy atom. The van der Waals surface area contributed by atoms with Crippen molar-refractivity contribution in [2.75, 3.05) is 25.1 Å². The van der Waals surface area contributed by atoms with Crippen molar-refractivity contribution in [2.24, 2.45) is 10.4 Å². The summed E-state index contributed by atoms with van der Waals surface area (Å²) >= 11 is 0. The zero-order chi connectivity index (χ0) is 25.3. The molecule has 10 heteroatoms. The lowest BCUT2D eigenvalue weighted by atomic mass is 9.93. The third kappa shape index (κ3) is 4.32. The summed E-state index contributed by atoms with van der Waals surface area (Å²) in [6, 6.07) is 12.9. The topological polar surface area (TPSA) is 116 Å². The molecular formula is C26H21F2N5O3. The molecule has 0 bridgehead atoms. The van der Waals surface area contributed by atoms with E-state index >= 15 is 8.78 Å². The second-order valence-corrected chi connectivity index (χ2v) is 8.77. The van der Waals surface area contributed by atoms with Crippen molar-refractivity contribution >= 4 is 22.7 Å². The summed E-state index contributed by atoms with van der Waals surface area (Å²) in [7, 11) is 0. The Balaban J connectivity index is 1.46. The Bertz CT molecular complexity index is 1500. The second kappa shape index (κ2) is 9.28. The summed E-state index contributed by atoms with van der Waals surface area (Å²) in [6.45, 7) is 2.26. The Morgan fingerprint density at radius 2 is 2.00 bits per heavy atom. The third-order valence-electron chi connectivity index (χ3n) is 5.88. The van der Waals surface area contributed by atoms with Gasteiger partial charge in [0.25, 0.3) is 6.02 Å². The van der Waals surface area contributed by atoms with Crippen LogP contribution in [0.3, 0.4) is 0 Å². The van der Waals surface area contributed by atoms with E-state index in [4.69, 9.17) is 9.47 Å². The van der Waals surface area contributed by atoms with Crippen LogP contribution < -0.4 is 10.1 Å². The molecule has 0 saturated carbocycles. The molecule has 0 unspecified atom stereocenters. The maximum absolute atomic E-state index is 15.0. The maximum Gasteiger partial charge on any atom is 0.289 e. The number of nitrogens with zero attached hydrogens (tertiary/aromatic N) is 3. The summed E-state index contributed by atoms with van der Waals surface area (Å²) in [5.41, 5.74) is 1.72. The highest BCUT2D eigenvalue weighted by atomic mass is 19.1. The van der Waals surface area contributed by atoms with Gasteiger partial charge in [-0.1, -0.05) is 25.1 Å². The van der Waals surface area contributed by atoms with Gasteiger partial charge < -0.3 is 24.9 Å². The number of aliphatic hydroxyl groups excluding tert-OH is 1. The molecule has 5 rings (SSSR count). The molecule has 182 valence electrons. The Labute approximate surface area is 204 Å². The molecule has 36 heavy (non-hydrogen) atoms. The van der Waals surface area contributed by atoms with E-state index in [0.29, 0.717) is 34.3 Å². The van der Waals surface area contributed by atoms with Gasteiger partial charge >= 0.3 is 0 Å². The number of aromatic nitrogens is 2. The van der Waals surface area contributed by atoms with Gasteiger partial charge in [-0.25, -0.2) is 18.8 Å². The van der Waals surface area contributed by atoms with Crippen molar-refractivity contribution in [3.05, 3.63) is 72.1 Å². The van der Waals surface area contributed by atoms with E-state index in [2.05, 4.69) is 26.3 Å². The SMILES string of the molecule is C[C@]1(CO)CN=C(Nc2cc(F)c(Oc3ccnc4[nH]cc(-c5ccccc5C#N)c34)c(F)c2)OC1. The molecular weight excluding hydrogens is 468 g/mol. The van der Waals surface area contributed by atoms with Crippen molar-refractivity contribution < 1.29 is 23.4 Å². The van der Waals surface area contributed by atoms with E-state index in [1.165, 1.54) is 12.3 Å². The van der Waals surface area contributed by atoms with Gasteiger partial charge in [-0.15, -0.1) is 0 Å². The minimum absolute atomic E-state index is 0.0910. The average molecular weight is 489 g/mol. The van der Waals surface area contributed by atoms with Crippen LogP contribution in [0.5, 0.6) is 11.5 Å². The van der Waals surface area contributed by atoms with Crippen LogP contribution in [-0.2, 0) is 4.74 Å². The number of H-pyrrole nitrogens is 1. The Hall–Kier alpha value is -4.49. The zero-order valence-electron chi connectivity index (χ0n) is 19.2. The van der Waals surface area contributed by atoms with Crippen LogP contribution in [0.2, 0.25) is 0 Å². The number of ether oxygens (including phenoxy) is 2. The number of halogens is 2. The number of hydrogen-bond acceptors (Lipinski definition) is 7. The standard InChI is InChI=1S/C26H21F2N5O3/c1-26(13-34)12-32-25(35-14-26)33-16-8-19(27)23(20(28)9-16)36-21-6-7-30-24-22(21)18(11-31-24)17-5-3-2-4-15(17)10-29/h2-9,11,34H,12-14H2,1H3,(H,30,31)(H,32,33)/t26-/m1/s1. The Morgan fingerprint density at radius 1 is 1.22 bits per heavy atom.